The zero-order chi connectivity index (χ0) is 23.8. The van der Waals surface area contributed by atoms with Gasteiger partial charge in [0.25, 0.3) is 5.91 Å². The first-order valence-electron chi connectivity index (χ1n) is 11.3. The molecule has 4 heterocycles. The number of cyclic esters (lactones) is 1. The minimum Gasteiger partial charge on any atom is -0.434 e. The SMILES string of the molecule is O=C1CC(NC(=O)[C@@H]2CC[C@H]3C/C=C\C[C@H](NC(=O)c4cccc5ccsc45)C(=O)N32)C(O)O1. The number of carbonyl (C=O) groups excluding carboxylic acids is 4. The van der Waals surface area contributed by atoms with Crippen molar-refractivity contribution < 1.29 is 29.0 Å². The molecule has 0 saturated carbocycles. The Morgan fingerprint density at radius 2 is 1.91 bits per heavy atom. The van der Waals surface area contributed by atoms with Crippen LogP contribution in [0.4, 0.5) is 0 Å². The first-order chi connectivity index (χ1) is 16.4. The largest absolute Gasteiger partial charge is 0.434 e. The Hall–Kier alpha value is -3.24. The molecule has 34 heavy (non-hydrogen) atoms. The number of thiophene rings is 1. The maximum atomic E-state index is 13.6. The number of esters is 1. The van der Waals surface area contributed by atoms with Gasteiger partial charge in [0, 0.05) is 10.7 Å². The minimum atomic E-state index is -1.40. The molecule has 3 aliphatic rings. The number of hydrogen-bond acceptors (Lipinski definition) is 7. The van der Waals surface area contributed by atoms with E-state index in [2.05, 4.69) is 10.6 Å². The predicted octanol–water partition coefficient (Wildman–Crippen LogP) is 1.46. The van der Waals surface area contributed by atoms with E-state index in [1.807, 2.05) is 35.7 Å². The van der Waals surface area contributed by atoms with Gasteiger partial charge >= 0.3 is 5.97 Å². The van der Waals surface area contributed by atoms with Crippen LogP contribution < -0.4 is 10.6 Å². The van der Waals surface area contributed by atoms with E-state index in [-0.39, 0.29) is 24.3 Å². The summed E-state index contributed by atoms with van der Waals surface area (Å²) >= 11 is 1.47. The van der Waals surface area contributed by atoms with Gasteiger partial charge in [0.1, 0.15) is 18.1 Å². The third-order valence-electron chi connectivity index (χ3n) is 6.64. The van der Waals surface area contributed by atoms with E-state index in [9.17, 15) is 24.3 Å². The predicted molar refractivity (Wildman–Crippen MR) is 124 cm³/mol. The summed E-state index contributed by atoms with van der Waals surface area (Å²) in [5.41, 5.74) is 0.512. The van der Waals surface area contributed by atoms with Crippen LogP contribution in [-0.4, -0.2) is 64.2 Å². The lowest BCUT2D eigenvalue weighted by Crippen LogP contribution is -2.57. The first-order valence-corrected chi connectivity index (χ1v) is 12.2. The van der Waals surface area contributed by atoms with Crippen molar-refractivity contribution in [2.24, 2.45) is 0 Å². The second-order valence-electron chi connectivity index (χ2n) is 8.81. The number of ether oxygens (including phenoxy) is 1. The highest BCUT2D eigenvalue weighted by Gasteiger charge is 2.45. The van der Waals surface area contributed by atoms with Crippen molar-refractivity contribution in [3.63, 3.8) is 0 Å². The van der Waals surface area contributed by atoms with Crippen molar-refractivity contribution in [3.05, 3.63) is 47.4 Å². The van der Waals surface area contributed by atoms with Crippen LogP contribution in [0.2, 0.25) is 0 Å². The van der Waals surface area contributed by atoms with Gasteiger partial charge in [-0.15, -0.1) is 11.3 Å². The second-order valence-corrected chi connectivity index (χ2v) is 9.72. The van der Waals surface area contributed by atoms with Crippen LogP contribution in [0.1, 0.15) is 42.5 Å². The summed E-state index contributed by atoms with van der Waals surface area (Å²) in [7, 11) is 0. The molecule has 1 aromatic heterocycles. The summed E-state index contributed by atoms with van der Waals surface area (Å²) in [5, 5.41) is 18.3. The number of amides is 3. The molecule has 0 radical (unpaired) electrons. The number of benzene rings is 1. The van der Waals surface area contributed by atoms with Crippen LogP contribution in [0.15, 0.2) is 41.8 Å². The third-order valence-corrected chi connectivity index (χ3v) is 7.61. The van der Waals surface area contributed by atoms with E-state index < -0.39 is 36.3 Å². The molecular formula is C24H25N3O6S. The van der Waals surface area contributed by atoms with Crippen LogP contribution in [0.5, 0.6) is 0 Å². The first kappa shape index (κ1) is 22.5. The van der Waals surface area contributed by atoms with Crippen LogP contribution in [0, 0.1) is 0 Å². The molecule has 0 bridgehead atoms. The summed E-state index contributed by atoms with van der Waals surface area (Å²) in [6.45, 7) is 0. The molecule has 1 aromatic carbocycles. The average Bonchev–Trinajstić information content (AvgIpc) is 3.52. The van der Waals surface area contributed by atoms with E-state index in [0.29, 0.717) is 31.2 Å². The molecule has 0 spiro atoms. The summed E-state index contributed by atoms with van der Waals surface area (Å²) in [5.74, 6) is -1.66. The molecule has 178 valence electrons. The number of fused-ring (bicyclic) bond motifs is 2. The number of hydrogen-bond donors (Lipinski definition) is 3. The molecule has 2 unspecified atom stereocenters. The Morgan fingerprint density at radius 1 is 1.09 bits per heavy atom. The highest BCUT2D eigenvalue weighted by molar-refractivity contribution is 7.17. The van der Waals surface area contributed by atoms with Crippen molar-refractivity contribution in [3.8, 4) is 0 Å². The van der Waals surface area contributed by atoms with Gasteiger partial charge in [-0.05, 0) is 48.6 Å². The number of aliphatic hydroxyl groups is 1. The Bertz CT molecular complexity index is 1180. The lowest BCUT2D eigenvalue weighted by molar-refractivity contribution is -0.155. The van der Waals surface area contributed by atoms with Crippen molar-refractivity contribution in [1.29, 1.82) is 0 Å². The Balaban J connectivity index is 1.34. The van der Waals surface area contributed by atoms with E-state index in [1.54, 1.807) is 11.0 Å². The molecule has 5 atom stereocenters. The number of carbonyl (C=O) groups is 4. The number of nitrogens with zero attached hydrogens (tertiary/aromatic N) is 1. The summed E-state index contributed by atoms with van der Waals surface area (Å²) < 4.78 is 5.55. The fourth-order valence-electron chi connectivity index (χ4n) is 4.95. The zero-order valence-corrected chi connectivity index (χ0v) is 19.1. The van der Waals surface area contributed by atoms with Crippen molar-refractivity contribution in [2.45, 2.75) is 62.6 Å². The minimum absolute atomic E-state index is 0.118. The summed E-state index contributed by atoms with van der Waals surface area (Å²) in [4.78, 5) is 52.7. The van der Waals surface area contributed by atoms with E-state index >= 15 is 0 Å². The van der Waals surface area contributed by atoms with Gasteiger partial charge in [0.15, 0.2) is 0 Å². The fraction of sp³-hybridized carbons (Fsp3) is 0.417. The quantitative estimate of drug-likeness (QED) is 0.447. The van der Waals surface area contributed by atoms with Gasteiger partial charge in [-0.2, -0.15) is 0 Å². The zero-order valence-electron chi connectivity index (χ0n) is 18.3. The lowest BCUT2D eigenvalue weighted by atomic mass is 10.0. The van der Waals surface area contributed by atoms with Crippen molar-refractivity contribution >= 4 is 45.1 Å². The van der Waals surface area contributed by atoms with Gasteiger partial charge in [-0.1, -0.05) is 24.3 Å². The Morgan fingerprint density at radius 3 is 2.71 bits per heavy atom. The van der Waals surface area contributed by atoms with Gasteiger partial charge in [-0.3, -0.25) is 19.2 Å². The molecule has 3 N–H and O–H groups in total. The number of nitrogens with one attached hydrogen (secondary N) is 2. The summed E-state index contributed by atoms with van der Waals surface area (Å²) in [6.07, 6.45) is 4.42. The smallest absolute Gasteiger partial charge is 0.310 e. The second kappa shape index (κ2) is 9.19. The van der Waals surface area contributed by atoms with Crippen molar-refractivity contribution in [2.75, 3.05) is 0 Å². The molecule has 2 fully saturated rings. The third kappa shape index (κ3) is 4.19. The molecule has 3 amide bonds. The Labute approximate surface area is 199 Å². The topological polar surface area (TPSA) is 125 Å². The maximum Gasteiger partial charge on any atom is 0.310 e. The fourth-order valence-corrected chi connectivity index (χ4v) is 5.86. The molecule has 9 nitrogen and oxygen atoms in total. The summed E-state index contributed by atoms with van der Waals surface area (Å²) in [6, 6.07) is 4.87. The van der Waals surface area contributed by atoms with E-state index in [1.165, 1.54) is 11.3 Å². The molecule has 5 rings (SSSR count). The van der Waals surface area contributed by atoms with Crippen LogP contribution in [0.25, 0.3) is 10.1 Å². The number of rotatable bonds is 4. The molecule has 3 aliphatic heterocycles. The van der Waals surface area contributed by atoms with E-state index in [4.69, 9.17) is 4.74 Å². The van der Waals surface area contributed by atoms with Crippen molar-refractivity contribution in [1.82, 2.24) is 15.5 Å². The van der Waals surface area contributed by atoms with Gasteiger partial charge in [0.05, 0.1) is 12.0 Å². The standard InChI is InChI=1S/C24H25N3O6S/c28-19-12-17(24(32)33-19)26-22(30)18-9-8-14-5-1-2-7-16(23(31)27(14)18)25-21(29)15-6-3-4-13-10-11-34-20(13)15/h1-4,6,10-11,14,16-18,24,32H,5,7-9,12H2,(H,25,29)(H,26,30)/b2-1-/t14-,16+,17?,18+,24?/m1/s1. The molecular weight excluding hydrogens is 458 g/mol. The van der Waals surface area contributed by atoms with Gasteiger partial charge in [-0.25, -0.2) is 0 Å². The van der Waals surface area contributed by atoms with Gasteiger partial charge in [0.2, 0.25) is 18.1 Å². The van der Waals surface area contributed by atoms with Gasteiger partial charge < -0.3 is 25.4 Å². The normalized spacial score (nSPS) is 29.8. The number of aliphatic hydroxyl groups excluding tert-OH is 1. The van der Waals surface area contributed by atoms with Crippen LogP contribution >= 0.6 is 11.3 Å². The molecule has 0 aliphatic carbocycles. The van der Waals surface area contributed by atoms with Crippen LogP contribution in [-0.2, 0) is 19.1 Å². The Kier molecular flexibility index (Phi) is 6.09. The molecule has 10 heteroatoms. The molecule has 2 saturated heterocycles. The van der Waals surface area contributed by atoms with E-state index in [0.717, 1.165) is 10.1 Å². The maximum absolute atomic E-state index is 13.6. The molecule has 2 aromatic rings. The lowest BCUT2D eigenvalue weighted by Gasteiger charge is -2.34. The highest BCUT2D eigenvalue weighted by Crippen LogP contribution is 2.30. The average molecular weight is 484 g/mol. The highest BCUT2D eigenvalue weighted by atomic mass is 32.1. The van der Waals surface area contributed by atoms with Crippen LogP contribution in [0.3, 0.4) is 0 Å². The monoisotopic (exact) mass is 483 g/mol.